The van der Waals surface area contributed by atoms with Gasteiger partial charge in [0.05, 0.1) is 0 Å². The first-order valence-corrected chi connectivity index (χ1v) is 7.04. The minimum absolute atomic E-state index is 0.239. The number of benzene rings is 1. The fourth-order valence-corrected chi connectivity index (χ4v) is 2.50. The highest BCUT2D eigenvalue weighted by Crippen LogP contribution is 2.20. The molecular formula is C15H11BrFN3O. The van der Waals surface area contributed by atoms with Gasteiger partial charge in [0.25, 0.3) is 5.91 Å². The Labute approximate surface area is 128 Å². The summed E-state index contributed by atoms with van der Waals surface area (Å²) in [5.41, 5.74) is 2.41. The van der Waals surface area contributed by atoms with Crippen molar-refractivity contribution in [3.05, 3.63) is 64.3 Å². The largest absolute Gasteiger partial charge is 0.320 e. The Kier molecular flexibility index (Phi) is 3.47. The Hall–Kier alpha value is -2.21. The SMILES string of the molecule is Cc1cc(Br)ccc1NC(=O)c1cn2cc(F)ccc2n1. The number of hydrogen-bond acceptors (Lipinski definition) is 2. The second-order valence-electron chi connectivity index (χ2n) is 4.65. The van der Waals surface area contributed by atoms with Crippen LogP contribution in [-0.2, 0) is 0 Å². The molecule has 0 saturated carbocycles. The smallest absolute Gasteiger partial charge is 0.275 e. The normalized spacial score (nSPS) is 10.8. The van der Waals surface area contributed by atoms with Crippen molar-refractivity contribution in [3.63, 3.8) is 0 Å². The predicted molar refractivity (Wildman–Crippen MR) is 82.0 cm³/mol. The van der Waals surface area contributed by atoms with Crippen molar-refractivity contribution in [2.75, 3.05) is 5.32 Å². The average molecular weight is 348 g/mol. The van der Waals surface area contributed by atoms with E-state index in [9.17, 15) is 9.18 Å². The predicted octanol–water partition coefficient (Wildman–Crippen LogP) is 3.80. The third kappa shape index (κ3) is 2.80. The van der Waals surface area contributed by atoms with Crippen LogP contribution in [0.3, 0.4) is 0 Å². The molecule has 3 aromatic rings. The van der Waals surface area contributed by atoms with Gasteiger partial charge in [-0.3, -0.25) is 4.79 Å². The maximum absolute atomic E-state index is 13.1. The number of aryl methyl sites for hydroxylation is 1. The van der Waals surface area contributed by atoms with Crippen molar-refractivity contribution in [1.82, 2.24) is 9.38 Å². The fourth-order valence-electron chi connectivity index (χ4n) is 2.03. The van der Waals surface area contributed by atoms with Crippen molar-refractivity contribution < 1.29 is 9.18 Å². The highest BCUT2D eigenvalue weighted by Gasteiger charge is 2.12. The number of nitrogens with one attached hydrogen (secondary N) is 1. The van der Waals surface area contributed by atoms with Crippen molar-refractivity contribution in [3.8, 4) is 0 Å². The van der Waals surface area contributed by atoms with E-state index in [1.54, 1.807) is 0 Å². The maximum atomic E-state index is 13.1. The second kappa shape index (κ2) is 5.29. The summed E-state index contributed by atoms with van der Waals surface area (Å²) in [6, 6.07) is 8.41. The minimum Gasteiger partial charge on any atom is -0.320 e. The Morgan fingerprint density at radius 1 is 1.29 bits per heavy atom. The second-order valence-corrected chi connectivity index (χ2v) is 5.57. The molecule has 0 aliphatic carbocycles. The molecule has 2 aromatic heterocycles. The number of fused-ring (bicyclic) bond motifs is 1. The van der Waals surface area contributed by atoms with Crippen LogP contribution in [0.25, 0.3) is 5.65 Å². The summed E-state index contributed by atoms with van der Waals surface area (Å²) < 4.78 is 15.6. The van der Waals surface area contributed by atoms with E-state index in [0.29, 0.717) is 11.3 Å². The monoisotopic (exact) mass is 347 g/mol. The molecule has 0 fully saturated rings. The number of nitrogens with zero attached hydrogens (tertiary/aromatic N) is 2. The van der Waals surface area contributed by atoms with Gasteiger partial charge in [0.15, 0.2) is 0 Å². The van der Waals surface area contributed by atoms with Gasteiger partial charge in [-0.05, 0) is 42.8 Å². The van der Waals surface area contributed by atoms with Gasteiger partial charge >= 0.3 is 0 Å². The van der Waals surface area contributed by atoms with Gasteiger partial charge in [-0.25, -0.2) is 9.37 Å². The Bertz CT molecular complexity index is 844. The molecule has 0 unspecified atom stereocenters. The molecule has 0 saturated heterocycles. The molecule has 3 rings (SSSR count). The number of halogens is 2. The van der Waals surface area contributed by atoms with E-state index >= 15 is 0 Å². The molecular weight excluding hydrogens is 337 g/mol. The first kappa shape index (κ1) is 13.8. The molecule has 1 amide bonds. The van der Waals surface area contributed by atoms with Crippen LogP contribution >= 0.6 is 15.9 Å². The van der Waals surface area contributed by atoms with Crippen LogP contribution in [0.4, 0.5) is 10.1 Å². The molecule has 0 aliphatic heterocycles. The Balaban J connectivity index is 1.89. The molecule has 1 N–H and O–H groups in total. The van der Waals surface area contributed by atoms with E-state index in [1.807, 2.05) is 25.1 Å². The molecule has 4 nitrogen and oxygen atoms in total. The number of carbonyl (C=O) groups excluding carboxylic acids is 1. The lowest BCUT2D eigenvalue weighted by atomic mass is 10.2. The van der Waals surface area contributed by atoms with Crippen molar-refractivity contribution in [2.24, 2.45) is 0 Å². The van der Waals surface area contributed by atoms with Crippen LogP contribution in [-0.4, -0.2) is 15.3 Å². The van der Waals surface area contributed by atoms with Crippen molar-refractivity contribution >= 4 is 33.2 Å². The van der Waals surface area contributed by atoms with Gasteiger partial charge < -0.3 is 9.72 Å². The zero-order chi connectivity index (χ0) is 15.0. The van der Waals surface area contributed by atoms with Gasteiger partial charge in [-0.1, -0.05) is 15.9 Å². The highest BCUT2D eigenvalue weighted by atomic mass is 79.9. The summed E-state index contributed by atoms with van der Waals surface area (Å²) >= 11 is 3.37. The van der Waals surface area contributed by atoms with E-state index < -0.39 is 0 Å². The van der Waals surface area contributed by atoms with E-state index in [0.717, 1.165) is 10.0 Å². The van der Waals surface area contributed by atoms with Crippen LogP contribution in [0, 0.1) is 12.7 Å². The highest BCUT2D eigenvalue weighted by molar-refractivity contribution is 9.10. The molecule has 0 atom stereocenters. The molecule has 2 heterocycles. The molecule has 6 heteroatoms. The third-order valence-corrected chi connectivity index (χ3v) is 3.58. The lowest BCUT2D eigenvalue weighted by Gasteiger charge is -2.07. The van der Waals surface area contributed by atoms with Gasteiger partial charge in [0, 0.05) is 22.6 Å². The molecule has 106 valence electrons. The maximum Gasteiger partial charge on any atom is 0.275 e. The fraction of sp³-hybridized carbons (Fsp3) is 0.0667. The summed E-state index contributed by atoms with van der Waals surface area (Å²) in [4.78, 5) is 16.4. The summed E-state index contributed by atoms with van der Waals surface area (Å²) in [5.74, 6) is -0.708. The minimum atomic E-state index is -0.379. The lowest BCUT2D eigenvalue weighted by Crippen LogP contribution is -2.13. The summed E-state index contributed by atoms with van der Waals surface area (Å²) in [5, 5.41) is 2.80. The number of carbonyl (C=O) groups is 1. The summed E-state index contributed by atoms with van der Waals surface area (Å²) in [7, 11) is 0. The zero-order valence-corrected chi connectivity index (χ0v) is 12.7. The number of hydrogen-bond donors (Lipinski definition) is 1. The van der Waals surface area contributed by atoms with E-state index in [-0.39, 0.29) is 17.4 Å². The first-order valence-electron chi connectivity index (χ1n) is 6.25. The number of amides is 1. The average Bonchev–Trinajstić information content (AvgIpc) is 2.85. The molecule has 0 spiro atoms. The van der Waals surface area contributed by atoms with Gasteiger partial charge in [-0.15, -0.1) is 0 Å². The van der Waals surface area contributed by atoms with Crippen LogP contribution in [0.5, 0.6) is 0 Å². The van der Waals surface area contributed by atoms with Crippen molar-refractivity contribution in [2.45, 2.75) is 6.92 Å². The number of rotatable bonds is 2. The van der Waals surface area contributed by atoms with Crippen LogP contribution < -0.4 is 5.32 Å². The number of aromatic nitrogens is 2. The van der Waals surface area contributed by atoms with Crippen LogP contribution in [0.1, 0.15) is 16.1 Å². The summed E-state index contributed by atoms with van der Waals surface area (Å²) in [6.07, 6.45) is 2.78. The first-order chi connectivity index (χ1) is 10.0. The molecule has 21 heavy (non-hydrogen) atoms. The van der Waals surface area contributed by atoms with Gasteiger partial charge in [0.2, 0.25) is 0 Å². The number of imidazole rings is 1. The van der Waals surface area contributed by atoms with Gasteiger partial charge in [-0.2, -0.15) is 0 Å². The summed E-state index contributed by atoms with van der Waals surface area (Å²) in [6.45, 7) is 1.90. The number of anilines is 1. The van der Waals surface area contributed by atoms with E-state index in [1.165, 1.54) is 28.9 Å². The number of pyridine rings is 1. The van der Waals surface area contributed by atoms with Gasteiger partial charge in [0.1, 0.15) is 17.2 Å². The standard InChI is InChI=1S/C15H11BrFN3O/c1-9-6-10(16)2-4-12(9)19-15(21)13-8-20-7-11(17)3-5-14(20)18-13/h2-8H,1H3,(H,19,21). The molecule has 0 aliphatic rings. The van der Waals surface area contributed by atoms with E-state index in [4.69, 9.17) is 0 Å². The van der Waals surface area contributed by atoms with E-state index in [2.05, 4.69) is 26.2 Å². The Morgan fingerprint density at radius 3 is 2.86 bits per heavy atom. The molecule has 0 bridgehead atoms. The Morgan fingerprint density at radius 2 is 2.10 bits per heavy atom. The lowest BCUT2D eigenvalue weighted by molar-refractivity contribution is 0.102. The molecule has 0 radical (unpaired) electrons. The molecule has 1 aromatic carbocycles. The quantitative estimate of drug-likeness (QED) is 0.766. The third-order valence-electron chi connectivity index (χ3n) is 3.08. The van der Waals surface area contributed by atoms with Crippen LogP contribution in [0.2, 0.25) is 0 Å². The zero-order valence-electron chi connectivity index (χ0n) is 11.1. The van der Waals surface area contributed by atoms with Crippen molar-refractivity contribution in [1.29, 1.82) is 0 Å². The van der Waals surface area contributed by atoms with Crippen LogP contribution in [0.15, 0.2) is 47.2 Å². The topological polar surface area (TPSA) is 46.4 Å².